The summed E-state index contributed by atoms with van der Waals surface area (Å²) in [6, 6.07) is 9.27. The van der Waals surface area contributed by atoms with Gasteiger partial charge in [0.1, 0.15) is 0 Å². The molecule has 1 aliphatic rings. The number of hydrogen-bond acceptors (Lipinski definition) is 2. The molecule has 0 aromatic heterocycles. The molecule has 0 radical (unpaired) electrons. The molecule has 0 aliphatic heterocycles. The van der Waals surface area contributed by atoms with Gasteiger partial charge in [0.15, 0.2) is 0 Å². The van der Waals surface area contributed by atoms with E-state index in [9.17, 15) is 0 Å². The first-order valence-electron chi connectivity index (χ1n) is 8.77. The Bertz CT molecular complexity index is 368. The van der Waals surface area contributed by atoms with E-state index in [0.29, 0.717) is 0 Å². The molecule has 21 heavy (non-hydrogen) atoms. The van der Waals surface area contributed by atoms with E-state index < -0.39 is 0 Å². The smallest absolute Gasteiger partial charge is 0.0591 e. The van der Waals surface area contributed by atoms with E-state index in [1.54, 1.807) is 5.56 Å². The molecule has 2 nitrogen and oxygen atoms in total. The Morgan fingerprint density at radius 1 is 1.00 bits per heavy atom. The van der Waals surface area contributed by atoms with Gasteiger partial charge in [0.05, 0.1) is 13.2 Å². The van der Waals surface area contributed by atoms with E-state index in [1.165, 1.54) is 44.1 Å². The highest BCUT2D eigenvalue weighted by Gasteiger charge is 2.14. The van der Waals surface area contributed by atoms with Crippen molar-refractivity contribution in [2.45, 2.75) is 57.8 Å². The third kappa shape index (κ3) is 6.19. The average molecular weight is 289 g/mol. The molecule has 0 spiro atoms. The molecule has 1 saturated carbocycles. The van der Waals surface area contributed by atoms with Crippen LogP contribution in [0, 0.1) is 0 Å². The van der Waals surface area contributed by atoms with Gasteiger partial charge in [-0.05, 0) is 49.3 Å². The van der Waals surface area contributed by atoms with Crippen molar-refractivity contribution < 1.29 is 4.74 Å². The summed E-state index contributed by atoms with van der Waals surface area (Å²) in [5.41, 5.74) is 2.94. The van der Waals surface area contributed by atoms with Crippen LogP contribution in [0.1, 0.15) is 62.5 Å². The van der Waals surface area contributed by atoms with Crippen LogP contribution < -0.4 is 5.32 Å². The SMILES string of the molecule is CCCNCCOCCc1ccc(C2CCCCC2)cc1. The fraction of sp³-hybridized carbons (Fsp3) is 0.684. The Morgan fingerprint density at radius 3 is 2.48 bits per heavy atom. The molecule has 1 fully saturated rings. The molecule has 2 rings (SSSR count). The van der Waals surface area contributed by atoms with Gasteiger partial charge in [-0.2, -0.15) is 0 Å². The van der Waals surface area contributed by atoms with Crippen LogP contribution >= 0.6 is 0 Å². The van der Waals surface area contributed by atoms with Crippen LogP contribution in [0.2, 0.25) is 0 Å². The van der Waals surface area contributed by atoms with Gasteiger partial charge in [-0.25, -0.2) is 0 Å². The number of ether oxygens (including phenoxy) is 1. The third-order valence-electron chi connectivity index (χ3n) is 4.44. The van der Waals surface area contributed by atoms with E-state index in [4.69, 9.17) is 4.74 Å². The maximum Gasteiger partial charge on any atom is 0.0591 e. The maximum atomic E-state index is 5.67. The zero-order valence-corrected chi connectivity index (χ0v) is 13.6. The quantitative estimate of drug-likeness (QED) is 0.685. The topological polar surface area (TPSA) is 21.3 Å². The fourth-order valence-electron chi connectivity index (χ4n) is 3.13. The maximum absolute atomic E-state index is 5.67. The summed E-state index contributed by atoms with van der Waals surface area (Å²) in [5, 5.41) is 3.35. The monoisotopic (exact) mass is 289 g/mol. The lowest BCUT2D eigenvalue weighted by Crippen LogP contribution is -2.20. The minimum Gasteiger partial charge on any atom is -0.380 e. The van der Waals surface area contributed by atoms with Crippen molar-refractivity contribution in [3.63, 3.8) is 0 Å². The van der Waals surface area contributed by atoms with Gasteiger partial charge in [0.2, 0.25) is 0 Å². The predicted molar refractivity (Wildman–Crippen MR) is 90.0 cm³/mol. The first-order valence-corrected chi connectivity index (χ1v) is 8.77. The number of rotatable bonds is 9. The molecule has 0 heterocycles. The molecule has 1 aromatic rings. The van der Waals surface area contributed by atoms with Crippen LogP contribution in [-0.4, -0.2) is 26.3 Å². The zero-order chi connectivity index (χ0) is 14.8. The van der Waals surface area contributed by atoms with Crippen LogP contribution in [0.15, 0.2) is 24.3 Å². The van der Waals surface area contributed by atoms with Gasteiger partial charge >= 0.3 is 0 Å². The Labute approximate surface area is 130 Å². The lowest BCUT2D eigenvalue weighted by molar-refractivity contribution is 0.139. The largest absolute Gasteiger partial charge is 0.380 e. The van der Waals surface area contributed by atoms with Crippen molar-refractivity contribution in [2.75, 3.05) is 26.3 Å². The minimum absolute atomic E-state index is 0.814. The minimum atomic E-state index is 0.814. The van der Waals surface area contributed by atoms with Gasteiger partial charge in [-0.15, -0.1) is 0 Å². The van der Waals surface area contributed by atoms with Crippen molar-refractivity contribution in [1.29, 1.82) is 0 Å². The number of nitrogens with one attached hydrogen (secondary N) is 1. The third-order valence-corrected chi connectivity index (χ3v) is 4.44. The fourth-order valence-corrected chi connectivity index (χ4v) is 3.13. The highest BCUT2D eigenvalue weighted by molar-refractivity contribution is 5.25. The molecule has 0 bridgehead atoms. The summed E-state index contributed by atoms with van der Waals surface area (Å²) in [6.07, 6.45) is 9.23. The highest BCUT2D eigenvalue weighted by Crippen LogP contribution is 2.32. The second-order valence-corrected chi connectivity index (χ2v) is 6.19. The Balaban J connectivity index is 1.63. The first kappa shape index (κ1) is 16.5. The molecule has 1 aliphatic carbocycles. The van der Waals surface area contributed by atoms with Crippen molar-refractivity contribution in [1.82, 2.24) is 5.32 Å². The summed E-state index contributed by atoms with van der Waals surface area (Å²) in [4.78, 5) is 0. The second-order valence-electron chi connectivity index (χ2n) is 6.19. The molecule has 2 heteroatoms. The lowest BCUT2D eigenvalue weighted by atomic mass is 9.84. The molecule has 0 atom stereocenters. The van der Waals surface area contributed by atoms with Gasteiger partial charge in [0, 0.05) is 6.54 Å². The zero-order valence-electron chi connectivity index (χ0n) is 13.6. The summed E-state index contributed by atoms with van der Waals surface area (Å²) in [7, 11) is 0. The molecule has 1 aromatic carbocycles. The molecule has 118 valence electrons. The van der Waals surface area contributed by atoms with Gasteiger partial charge in [0.25, 0.3) is 0 Å². The van der Waals surface area contributed by atoms with Gasteiger partial charge < -0.3 is 10.1 Å². The van der Waals surface area contributed by atoms with Crippen molar-refractivity contribution in [3.05, 3.63) is 35.4 Å². The molecule has 0 unspecified atom stereocenters. The van der Waals surface area contributed by atoms with Crippen LogP contribution in [0.5, 0.6) is 0 Å². The molecule has 0 saturated heterocycles. The van der Waals surface area contributed by atoms with Crippen LogP contribution in [0.3, 0.4) is 0 Å². The predicted octanol–water partition coefficient (Wildman–Crippen LogP) is 4.29. The molecule has 1 N–H and O–H groups in total. The highest BCUT2D eigenvalue weighted by atomic mass is 16.5. The van der Waals surface area contributed by atoms with Crippen LogP contribution in [0.4, 0.5) is 0 Å². The summed E-state index contributed by atoms with van der Waals surface area (Å²) >= 11 is 0. The summed E-state index contributed by atoms with van der Waals surface area (Å²) in [6.45, 7) is 5.89. The Hall–Kier alpha value is -0.860. The molecular formula is C19H31NO. The molecular weight excluding hydrogens is 258 g/mol. The van der Waals surface area contributed by atoms with Crippen molar-refractivity contribution >= 4 is 0 Å². The Morgan fingerprint density at radius 2 is 1.76 bits per heavy atom. The Kier molecular flexibility index (Phi) is 7.83. The van der Waals surface area contributed by atoms with E-state index >= 15 is 0 Å². The van der Waals surface area contributed by atoms with E-state index in [0.717, 1.165) is 38.6 Å². The second kappa shape index (κ2) is 9.97. The van der Waals surface area contributed by atoms with E-state index in [2.05, 4.69) is 36.5 Å². The number of benzene rings is 1. The van der Waals surface area contributed by atoms with E-state index in [1.807, 2.05) is 0 Å². The van der Waals surface area contributed by atoms with Crippen molar-refractivity contribution in [2.24, 2.45) is 0 Å². The molecule has 0 amide bonds. The lowest BCUT2D eigenvalue weighted by Gasteiger charge is -2.22. The first-order chi connectivity index (χ1) is 10.4. The van der Waals surface area contributed by atoms with Gasteiger partial charge in [-0.3, -0.25) is 0 Å². The van der Waals surface area contributed by atoms with Crippen LogP contribution in [-0.2, 0) is 11.2 Å². The summed E-state index contributed by atoms with van der Waals surface area (Å²) in [5.74, 6) is 0.814. The van der Waals surface area contributed by atoms with Crippen LogP contribution in [0.25, 0.3) is 0 Å². The normalized spacial score (nSPS) is 16.2. The summed E-state index contributed by atoms with van der Waals surface area (Å²) < 4.78 is 5.67. The van der Waals surface area contributed by atoms with E-state index in [-0.39, 0.29) is 0 Å². The van der Waals surface area contributed by atoms with Gasteiger partial charge in [-0.1, -0.05) is 50.5 Å². The standard InChI is InChI=1S/C19H31NO/c1-2-13-20-14-16-21-15-12-17-8-10-19(11-9-17)18-6-4-3-5-7-18/h8-11,18,20H,2-7,12-16H2,1H3. The number of hydrogen-bond donors (Lipinski definition) is 1. The van der Waals surface area contributed by atoms with Crippen molar-refractivity contribution in [3.8, 4) is 0 Å². The average Bonchev–Trinajstić information content (AvgIpc) is 2.55.